The van der Waals surface area contributed by atoms with Gasteiger partial charge in [0.05, 0.1) is 0 Å². The standard InChI is InChI=1S/C11H12ClN3/c12-11-13-7-6-10(15-11)14-8-9-4-2-1-3-5-9/h1-7,11,14-15H,8H2. The van der Waals surface area contributed by atoms with Crippen LogP contribution < -0.4 is 10.6 Å². The zero-order chi connectivity index (χ0) is 10.5. The highest BCUT2D eigenvalue weighted by molar-refractivity contribution is 6.20. The average Bonchev–Trinajstić information content (AvgIpc) is 2.28. The average molecular weight is 222 g/mol. The van der Waals surface area contributed by atoms with E-state index < -0.39 is 0 Å². The van der Waals surface area contributed by atoms with Gasteiger partial charge in [-0.1, -0.05) is 41.9 Å². The van der Waals surface area contributed by atoms with Crippen molar-refractivity contribution in [3.05, 3.63) is 47.8 Å². The van der Waals surface area contributed by atoms with Gasteiger partial charge in [0.2, 0.25) is 0 Å². The molecule has 0 spiro atoms. The van der Waals surface area contributed by atoms with Crippen molar-refractivity contribution in [3.8, 4) is 0 Å². The van der Waals surface area contributed by atoms with E-state index in [4.69, 9.17) is 11.6 Å². The van der Waals surface area contributed by atoms with Crippen LogP contribution in [0.4, 0.5) is 0 Å². The molecule has 3 nitrogen and oxygen atoms in total. The molecule has 1 atom stereocenters. The van der Waals surface area contributed by atoms with E-state index in [1.807, 2.05) is 24.3 Å². The summed E-state index contributed by atoms with van der Waals surface area (Å²) in [5.74, 6) is 0.897. The molecule has 0 fully saturated rings. The van der Waals surface area contributed by atoms with Crippen molar-refractivity contribution >= 4 is 17.8 Å². The molecule has 0 aromatic heterocycles. The van der Waals surface area contributed by atoms with Gasteiger partial charge in [0.15, 0.2) is 5.62 Å². The zero-order valence-electron chi connectivity index (χ0n) is 8.15. The highest BCUT2D eigenvalue weighted by Crippen LogP contribution is 2.02. The van der Waals surface area contributed by atoms with Crippen LogP contribution >= 0.6 is 11.6 Å². The van der Waals surface area contributed by atoms with Crippen molar-refractivity contribution in [1.82, 2.24) is 10.6 Å². The Morgan fingerprint density at radius 1 is 1.33 bits per heavy atom. The smallest absolute Gasteiger partial charge is 0.196 e. The number of benzene rings is 1. The topological polar surface area (TPSA) is 36.4 Å². The summed E-state index contributed by atoms with van der Waals surface area (Å²) < 4.78 is 0. The van der Waals surface area contributed by atoms with Gasteiger partial charge >= 0.3 is 0 Å². The Kier molecular flexibility index (Phi) is 3.25. The van der Waals surface area contributed by atoms with Crippen molar-refractivity contribution in [3.63, 3.8) is 0 Å². The molecular formula is C11H12ClN3. The first kappa shape index (κ1) is 10.1. The number of alkyl halides is 1. The first-order chi connectivity index (χ1) is 7.34. The molecule has 2 N–H and O–H groups in total. The van der Waals surface area contributed by atoms with Crippen LogP contribution in [-0.4, -0.2) is 11.8 Å². The van der Waals surface area contributed by atoms with E-state index in [1.165, 1.54) is 5.56 Å². The highest BCUT2D eigenvalue weighted by Gasteiger charge is 2.05. The molecule has 4 heteroatoms. The summed E-state index contributed by atoms with van der Waals surface area (Å²) >= 11 is 5.80. The van der Waals surface area contributed by atoms with E-state index in [-0.39, 0.29) is 5.62 Å². The van der Waals surface area contributed by atoms with Crippen LogP contribution in [0.25, 0.3) is 0 Å². The second-order valence-electron chi connectivity index (χ2n) is 3.20. The lowest BCUT2D eigenvalue weighted by Gasteiger charge is -2.17. The number of hydrogen-bond donors (Lipinski definition) is 2. The predicted octanol–water partition coefficient (Wildman–Crippen LogP) is 1.81. The Hall–Kier alpha value is -1.48. The Morgan fingerprint density at radius 3 is 2.87 bits per heavy atom. The third-order valence-electron chi connectivity index (χ3n) is 2.06. The second kappa shape index (κ2) is 4.84. The number of aliphatic imine (C=N–C) groups is 1. The third-order valence-corrected chi connectivity index (χ3v) is 2.28. The summed E-state index contributed by atoms with van der Waals surface area (Å²) in [7, 11) is 0. The minimum atomic E-state index is -0.367. The monoisotopic (exact) mass is 221 g/mol. The molecule has 1 aliphatic heterocycles. The number of halogens is 1. The lowest BCUT2D eigenvalue weighted by Crippen LogP contribution is -2.32. The maximum atomic E-state index is 5.80. The van der Waals surface area contributed by atoms with Crippen LogP contribution in [0.2, 0.25) is 0 Å². The first-order valence-electron chi connectivity index (χ1n) is 4.76. The highest BCUT2D eigenvalue weighted by atomic mass is 35.5. The number of nitrogens with one attached hydrogen (secondary N) is 2. The summed E-state index contributed by atoms with van der Waals surface area (Å²) in [6, 6.07) is 10.2. The molecule has 78 valence electrons. The Morgan fingerprint density at radius 2 is 2.13 bits per heavy atom. The predicted molar refractivity (Wildman–Crippen MR) is 62.6 cm³/mol. The van der Waals surface area contributed by atoms with Gasteiger partial charge in [-0.2, -0.15) is 0 Å². The fourth-order valence-corrected chi connectivity index (χ4v) is 1.49. The molecule has 0 bridgehead atoms. The molecule has 1 aromatic carbocycles. The van der Waals surface area contributed by atoms with Gasteiger partial charge in [0.25, 0.3) is 0 Å². The number of nitrogens with zero attached hydrogens (tertiary/aromatic N) is 1. The molecule has 0 radical (unpaired) electrons. The van der Waals surface area contributed by atoms with E-state index in [1.54, 1.807) is 6.21 Å². The first-order valence-corrected chi connectivity index (χ1v) is 5.20. The van der Waals surface area contributed by atoms with Crippen molar-refractivity contribution in [1.29, 1.82) is 0 Å². The van der Waals surface area contributed by atoms with E-state index in [0.29, 0.717) is 0 Å². The Balaban J connectivity index is 1.89. The molecule has 0 saturated carbocycles. The van der Waals surface area contributed by atoms with Crippen LogP contribution in [0.1, 0.15) is 5.56 Å². The fraction of sp³-hybridized carbons (Fsp3) is 0.182. The second-order valence-corrected chi connectivity index (χ2v) is 3.61. The molecule has 1 aliphatic rings. The Bertz CT molecular complexity index is 373. The number of allylic oxidation sites excluding steroid dienone is 1. The molecule has 0 amide bonds. The van der Waals surface area contributed by atoms with Crippen molar-refractivity contribution in [2.75, 3.05) is 0 Å². The summed E-state index contributed by atoms with van der Waals surface area (Å²) in [6.07, 6.45) is 3.56. The minimum Gasteiger partial charge on any atom is -0.368 e. The SMILES string of the molecule is ClC1N=CC=C(NCc2ccccc2)N1. The Labute approximate surface area is 93.9 Å². The quantitative estimate of drug-likeness (QED) is 0.604. The number of hydrogen-bond acceptors (Lipinski definition) is 3. The number of rotatable bonds is 3. The van der Waals surface area contributed by atoms with Gasteiger partial charge in [-0.3, -0.25) is 4.99 Å². The maximum Gasteiger partial charge on any atom is 0.196 e. The molecule has 1 aromatic rings. The maximum absolute atomic E-state index is 5.80. The normalized spacial score (nSPS) is 19.3. The van der Waals surface area contributed by atoms with Crippen LogP contribution in [0.5, 0.6) is 0 Å². The molecular weight excluding hydrogens is 210 g/mol. The summed E-state index contributed by atoms with van der Waals surface area (Å²) in [5, 5.41) is 6.25. The lowest BCUT2D eigenvalue weighted by molar-refractivity contribution is 0.656. The van der Waals surface area contributed by atoms with Crippen LogP contribution in [0.15, 0.2) is 47.2 Å². The minimum absolute atomic E-state index is 0.367. The van der Waals surface area contributed by atoms with Crippen molar-refractivity contribution in [2.24, 2.45) is 4.99 Å². The van der Waals surface area contributed by atoms with Gasteiger partial charge in [0.1, 0.15) is 5.82 Å². The summed E-state index contributed by atoms with van der Waals surface area (Å²) in [4.78, 5) is 3.95. The van der Waals surface area contributed by atoms with E-state index in [0.717, 1.165) is 12.4 Å². The molecule has 0 aliphatic carbocycles. The molecule has 2 rings (SSSR count). The van der Waals surface area contributed by atoms with Crippen molar-refractivity contribution < 1.29 is 0 Å². The summed E-state index contributed by atoms with van der Waals surface area (Å²) in [6.45, 7) is 0.775. The third kappa shape index (κ3) is 2.99. The van der Waals surface area contributed by atoms with Gasteiger partial charge in [-0.15, -0.1) is 0 Å². The van der Waals surface area contributed by atoms with E-state index in [2.05, 4.69) is 27.8 Å². The lowest BCUT2D eigenvalue weighted by atomic mass is 10.2. The van der Waals surface area contributed by atoms with Gasteiger partial charge in [0, 0.05) is 12.8 Å². The van der Waals surface area contributed by atoms with Crippen LogP contribution in [0, 0.1) is 0 Å². The zero-order valence-corrected chi connectivity index (χ0v) is 8.91. The van der Waals surface area contributed by atoms with Gasteiger partial charge in [-0.05, 0) is 11.6 Å². The summed E-state index contributed by atoms with van der Waals surface area (Å²) in [5.41, 5.74) is 0.863. The molecule has 1 unspecified atom stereocenters. The van der Waals surface area contributed by atoms with Gasteiger partial charge in [-0.25, -0.2) is 0 Å². The largest absolute Gasteiger partial charge is 0.368 e. The van der Waals surface area contributed by atoms with E-state index in [9.17, 15) is 0 Å². The fourth-order valence-electron chi connectivity index (χ4n) is 1.31. The van der Waals surface area contributed by atoms with Gasteiger partial charge < -0.3 is 10.6 Å². The van der Waals surface area contributed by atoms with E-state index >= 15 is 0 Å². The molecule has 0 saturated heterocycles. The van der Waals surface area contributed by atoms with Crippen LogP contribution in [0.3, 0.4) is 0 Å². The molecule has 15 heavy (non-hydrogen) atoms. The van der Waals surface area contributed by atoms with Crippen molar-refractivity contribution in [2.45, 2.75) is 12.2 Å². The molecule has 1 heterocycles. The van der Waals surface area contributed by atoms with Crippen LogP contribution in [-0.2, 0) is 6.54 Å².